The molecule has 0 saturated heterocycles. The van der Waals surface area contributed by atoms with Crippen molar-refractivity contribution in [2.75, 3.05) is 0 Å². The first kappa shape index (κ1) is 14.2. The van der Waals surface area contributed by atoms with E-state index in [4.69, 9.17) is 10.4 Å². The van der Waals surface area contributed by atoms with Gasteiger partial charge in [-0.05, 0) is 31.6 Å². The van der Waals surface area contributed by atoms with E-state index in [1.807, 2.05) is 13.8 Å². The fourth-order valence-corrected chi connectivity index (χ4v) is 1.84. The van der Waals surface area contributed by atoms with E-state index >= 15 is 0 Å². The van der Waals surface area contributed by atoms with Crippen molar-refractivity contribution in [3.63, 3.8) is 0 Å². The molecule has 2 rings (SSSR count). The smallest absolute Gasteiger partial charge is 0.346 e. The molecule has 18 heavy (non-hydrogen) atoms. The van der Waals surface area contributed by atoms with E-state index in [9.17, 15) is 4.79 Å². The lowest BCUT2D eigenvalue weighted by Crippen LogP contribution is -1.98. The number of carboxylic acid groups (broad SMARTS) is 1. The molecule has 2 aliphatic rings. The third-order valence-corrected chi connectivity index (χ3v) is 2.92. The van der Waals surface area contributed by atoms with Gasteiger partial charge in [0, 0.05) is 0 Å². The zero-order valence-electron chi connectivity index (χ0n) is 10.9. The molecule has 0 radical (unpaired) electrons. The van der Waals surface area contributed by atoms with Gasteiger partial charge in [0.15, 0.2) is 0 Å². The van der Waals surface area contributed by atoms with Gasteiger partial charge in [0.25, 0.3) is 0 Å². The number of nitrogens with zero attached hydrogens (tertiary/aromatic N) is 1. The lowest BCUT2D eigenvalue weighted by molar-refractivity contribution is -0.132. The average molecular weight is 245 g/mol. The summed E-state index contributed by atoms with van der Waals surface area (Å²) in [6.45, 7) is 3.93. The summed E-state index contributed by atoms with van der Waals surface area (Å²) in [5.41, 5.74) is 3.13. The van der Waals surface area contributed by atoms with Crippen molar-refractivity contribution in [1.82, 2.24) is 0 Å². The molecule has 0 aromatic rings. The summed E-state index contributed by atoms with van der Waals surface area (Å²) in [6.07, 6.45) is 10.6. The van der Waals surface area contributed by atoms with Crippen LogP contribution in [-0.4, -0.2) is 11.1 Å². The topological polar surface area (TPSA) is 61.1 Å². The second kappa shape index (κ2) is 6.80. The summed E-state index contributed by atoms with van der Waals surface area (Å²) < 4.78 is 0. The van der Waals surface area contributed by atoms with Crippen molar-refractivity contribution < 1.29 is 9.90 Å². The second-order valence-electron chi connectivity index (χ2n) is 4.99. The summed E-state index contributed by atoms with van der Waals surface area (Å²) in [7, 11) is 0. The molecule has 1 saturated carbocycles. The summed E-state index contributed by atoms with van der Waals surface area (Å²) in [4.78, 5) is 10.3. The van der Waals surface area contributed by atoms with E-state index in [0.717, 1.165) is 0 Å². The summed E-state index contributed by atoms with van der Waals surface area (Å²) >= 11 is 0. The molecule has 0 atom stereocenters. The summed E-state index contributed by atoms with van der Waals surface area (Å²) in [6, 6.07) is 1.62. The van der Waals surface area contributed by atoms with Gasteiger partial charge >= 0.3 is 5.97 Å². The molecule has 3 nitrogen and oxygen atoms in total. The predicted molar refractivity (Wildman–Crippen MR) is 70.8 cm³/mol. The number of fused-ring (bicyclic) bond motifs is 2. The Hall–Kier alpha value is -1.82. The first-order valence-electron chi connectivity index (χ1n) is 6.24. The van der Waals surface area contributed by atoms with Crippen molar-refractivity contribution in [2.45, 2.75) is 39.5 Å². The van der Waals surface area contributed by atoms with Crippen molar-refractivity contribution >= 4 is 5.97 Å². The number of hydrogen-bond acceptors (Lipinski definition) is 2. The van der Waals surface area contributed by atoms with Crippen molar-refractivity contribution in [3.8, 4) is 6.07 Å². The lowest BCUT2D eigenvalue weighted by Gasteiger charge is -1.96. The Kier molecular flexibility index (Phi) is 5.38. The van der Waals surface area contributed by atoms with E-state index in [0.29, 0.717) is 12.3 Å². The highest BCUT2D eigenvalue weighted by molar-refractivity contribution is 5.90. The number of carboxylic acids is 1. The Morgan fingerprint density at radius 3 is 2.22 bits per heavy atom. The number of allylic oxidation sites excluding steroid dienone is 5. The molecular formula is C15H19NO2. The van der Waals surface area contributed by atoms with Gasteiger partial charge in [0.1, 0.15) is 11.6 Å². The Morgan fingerprint density at radius 2 is 2.00 bits per heavy atom. The van der Waals surface area contributed by atoms with Crippen LogP contribution in [0.5, 0.6) is 0 Å². The van der Waals surface area contributed by atoms with Crippen LogP contribution in [0.4, 0.5) is 0 Å². The Morgan fingerprint density at radius 1 is 1.44 bits per heavy atom. The fourth-order valence-electron chi connectivity index (χ4n) is 1.84. The standard InChI is InChI=1S/C8H11NO2.C7H8/c1-6(2)3-4-7(5-9)8(10)11;1-2-7-4-3-6(1)5-7/h4,6H,3H2,1-2H3,(H,10,11);1-2H,3-5H2. The molecule has 0 spiro atoms. The van der Waals surface area contributed by atoms with Gasteiger partial charge in [-0.25, -0.2) is 4.79 Å². The average Bonchev–Trinajstić information content (AvgIpc) is 2.94. The Bertz CT molecular complexity index is 430. The number of nitriles is 1. The number of rotatable bonds is 3. The third-order valence-electron chi connectivity index (χ3n) is 2.92. The summed E-state index contributed by atoms with van der Waals surface area (Å²) in [5, 5.41) is 16.7. The van der Waals surface area contributed by atoms with Crippen LogP contribution < -0.4 is 0 Å². The van der Waals surface area contributed by atoms with Crippen molar-refractivity contribution in [1.29, 1.82) is 5.26 Å². The van der Waals surface area contributed by atoms with Crippen molar-refractivity contribution in [2.24, 2.45) is 5.92 Å². The fraction of sp³-hybridized carbons (Fsp3) is 0.467. The molecule has 0 aromatic carbocycles. The lowest BCUT2D eigenvalue weighted by atomic mass is 10.1. The number of carbonyl (C=O) groups is 1. The number of aliphatic carboxylic acids is 1. The van der Waals surface area contributed by atoms with Gasteiger partial charge in [0.05, 0.1) is 0 Å². The van der Waals surface area contributed by atoms with Gasteiger partial charge in [-0.1, -0.05) is 43.2 Å². The van der Waals surface area contributed by atoms with Gasteiger partial charge in [-0.3, -0.25) is 0 Å². The van der Waals surface area contributed by atoms with Crippen LogP contribution >= 0.6 is 0 Å². The molecule has 0 aliphatic heterocycles. The highest BCUT2D eigenvalue weighted by atomic mass is 16.4. The SMILES string of the molecule is C1=C2CCC(=C1)C2.CC(C)CC=C(C#N)C(=O)O. The van der Waals surface area contributed by atoms with Crippen molar-refractivity contribution in [3.05, 3.63) is 34.9 Å². The molecule has 1 fully saturated rings. The minimum Gasteiger partial charge on any atom is -0.477 e. The van der Waals surface area contributed by atoms with Gasteiger partial charge < -0.3 is 5.11 Å². The minimum atomic E-state index is -1.15. The first-order chi connectivity index (χ1) is 8.52. The van der Waals surface area contributed by atoms with E-state index in [2.05, 4.69) is 12.2 Å². The highest BCUT2D eigenvalue weighted by Crippen LogP contribution is 2.34. The molecule has 2 bridgehead atoms. The predicted octanol–water partition coefficient (Wildman–Crippen LogP) is 3.60. The maximum Gasteiger partial charge on any atom is 0.346 e. The molecule has 96 valence electrons. The van der Waals surface area contributed by atoms with Gasteiger partial charge in [-0.2, -0.15) is 5.26 Å². The van der Waals surface area contributed by atoms with Crippen LogP contribution in [0.2, 0.25) is 0 Å². The molecule has 0 amide bonds. The second-order valence-corrected chi connectivity index (χ2v) is 4.99. The van der Waals surface area contributed by atoms with Crippen LogP contribution in [-0.2, 0) is 4.79 Å². The Labute approximate surface area is 108 Å². The molecule has 3 heteroatoms. The molecule has 1 N–H and O–H groups in total. The first-order valence-corrected chi connectivity index (χ1v) is 6.24. The quantitative estimate of drug-likeness (QED) is 0.610. The van der Waals surface area contributed by atoms with Gasteiger partial charge in [0.2, 0.25) is 0 Å². The van der Waals surface area contributed by atoms with Crippen LogP contribution in [0.1, 0.15) is 39.5 Å². The zero-order valence-corrected chi connectivity index (χ0v) is 10.9. The van der Waals surface area contributed by atoms with E-state index in [-0.39, 0.29) is 5.57 Å². The molecule has 0 heterocycles. The molecule has 0 unspecified atom stereocenters. The normalized spacial score (nSPS) is 16.7. The van der Waals surface area contributed by atoms with Crippen LogP contribution in [0, 0.1) is 17.2 Å². The van der Waals surface area contributed by atoms with E-state index in [1.54, 1.807) is 17.2 Å². The maximum atomic E-state index is 10.3. The van der Waals surface area contributed by atoms with Crippen LogP contribution in [0.15, 0.2) is 34.9 Å². The van der Waals surface area contributed by atoms with E-state index in [1.165, 1.54) is 25.3 Å². The molecule has 2 aliphatic carbocycles. The maximum absolute atomic E-state index is 10.3. The summed E-state index contributed by atoms with van der Waals surface area (Å²) in [5.74, 6) is -0.758. The van der Waals surface area contributed by atoms with E-state index < -0.39 is 5.97 Å². The minimum absolute atomic E-state index is 0.168. The monoisotopic (exact) mass is 245 g/mol. The molecule has 0 aromatic heterocycles. The Balaban J connectivity index is 0.000000194. The largest absolute Gasteiger partial charge is 0.477 e. The van der Waals surface area contributed by atoms with Crippen LogP contribution in [0.3, 0.4) is 0 Å². The third kappa shape index (κ3) is 4.58. The molecular weight excluding hydrogens is 226 g/mol. The zero-order chi connectivity index (χ0) is 13.5. The van der Waals surface area contributed by atoms with Crippen LogP contribution in [0.25, 0.3) is 0 Å². The highest BCUT2D eigenvalue weighted by Gasteiger charge is 2.14. The number of hydrogen-bond donors (Lipinski definition) is 1. The van der Waals surface area contributed by atoms with Gasteiger partial charge in [-0.15, -0.1) is 0 Å².